The number of rotatable bonds is 8. The topological polar surface area (TPSA) is 86.0 Å². The standard InChI is InChI=1S/C18H33F3N6O/c1-23-17(25-15-6-11-27(12-15)13-18(19,20)21)24-7-2-3-8-26-9-4-14(5-10-26)16(22)28/h14-15H,2-13H2,1H3,(H2,22,28)(H2,23,24,25). The monoisotopic (exact) mass is 406 g/mol. The quantitative estimate of drug-likeness (QED) is 0.315. The van der Waals surface area contributed by atoms with Gasteiger partial charge in [-0.1, -0.05) is 0 Å². The highest BCUT2D eigenvalue weighted by Gasteiger charge is 2.34. The molecule has 0 spiro atoms. The van der Waals surface area contributed by atoms with Crippen LogP contribution in [0.3, 0.4) is 0 Å². The summed E-state index contributed by atoms with van der Waals surface area (Å²) < 4.78 is 37.4. The zero-order chi connectivity index (χ0) is 20.6. The molecule has 0 aromatic rings. The molecule has 2 saturated heterocycles. The molecule has 162 valence electrons. The minimum absolute atomic E-state index is 0.0138. The molecule has 1 atom stereocenters. The van der Waals surface area contributed by atoms with Crippen molar-refractivity contribution in [2.24, 2.45) is 16.6 Å². The van der Waals surface area contributed by atoms with Crippen LogP contribution in [-0.2, 0) is 4.79 Å². The molecule has 0 saturated carbocycles. The molecule has 1 unspecified atom stereocenters. The molecule has 0 radical (unpaired) electrons. The van der Waals surface area contributed by atoms with E-state index >= 15 is 0 Å². The number of piperidine rings is 1. The maximum Gasteiger partial charge on any atom is 0.401 e. The Kier molecular flexibility index (Phi) is 8.81. The van der Waals surface area contributed by atoms with Gasteiger partial charge in [0.25, 0.3) is 0 Å². The second-order valence-corrected chi connectivity index (χ2v) is 7.70. The van der Waals surface area contributed by atoms with Crippen LogP contribution in [0.1, 0.15) is 32.1 Å². The molecule has 2 aliphatic rings. The van der Waals surface area contributed by atoms with E-state index in [0.717, 1.165) is 51.9 Å². The Morgan fingerprint density at radius 2 is 1.82 bits per heavy atom. The molecule has 2 rings (SSSR count). The van der Waals surface area contributed by atoms with Crippen molar-refractivity contribution in [3.8, 4) is 0 Å². The van der Waals surface area contributed by atoms with Crippen molar-refractivity contribution in [3.05, 3.63) is 0 Å². The lowest BCUT2D eigenvalue weighted by molar-refractivity contribution is -0.143. The third-order valence-electron chi connectivity index (χ3n) is 5.42. The summed E-state index contributed by atoms with van der Waals surface area (Å²) in [7, 11) is 1.67. The number of alkyl halides is 3. The number of carbonyl (C=O) groups is 1. The van der Waals surface area contributed by atoms with Crippen LogP contribution in [0.15, 0.2) is 4.99 Å². The fourth-order valence-electron chi connectivity index (χ4n) is 3.84. The van der Waals surface area contributed by atoms with Gasteiger partial charge in [-0.15, -0.1) is 0 Å². The normalized spacial score (nSPS) is 23.1. The number of hydrogen-bond donors (Lipinski definition) is 3. The second-order valence-electron chi connectivity index (χ2n) is 7.70. The molecule has 2 fully saturated rings. The van der Waals surface area contributed by atoms with Crippen LogP contribution < -0.4 is 16.4 Å². The van der Waals surface area contributed by atoms with E-state index in [1.165, 1.54) is 4.90 Å². The van der Waals surface area contributed by atoms with Gasteiger partial charge in [-0.25, -0.2) is 0 Å². The molecule has 0 aromatic carbocycles. The molecule has 0 bridgehead atoms. The smallest absolute Gasteiger partial charge is 0.369 e. The minimum atomic E-state index is -4.15. The van der Waals surface area contributed by atoms with Gasteiger partial charge >= 0.3 is 6.18 Å². The zero-order valence-electron chi connectivity index (χ0n) is 16.6. The van der Waals surface area contributed by atoms with Crippen LogP contribution in [0.5, 0.6) is 0 Å². The Morgan fingerprint density at radius 3 is 2.43 bits per heavy atom. The fourth-order valence-corrected chi connectivity index (χ4v) is 3.84. The summed E-state index contributed by atoms with van der Waals surface area (Å²) >= 11 is 0. The Hall–Kier alpha value is -1.55. The summed E-state index contributed by atoms with van der Waals surface area (Å²) in [5, 5.41) is 6.45. The van der Waals surface area contributed by atoms with E-state index in [2.05, 4.69) is 20.5 Å². The molecule has 2 heterocycles. The first-order valence-corrected chi connectivity index (χ1v) is 10.0. The van der Waals surface area contributed by atoms with Crippen molar-refractivity contribution in [2.75, 3.05) is 52.9 Å². The van der Waals surface area contributed by atoms with Crippen LogP contribution in [-0.4, -0.2) is 86.7 Å². The Labute approximate surface area is 164 Å². The average Bonchev–Trinajstić information content (AvgIpc) is 3.05. The summed E-state index contributed by atoms with van der Waals surface area (Å²) in [4.78, 5) is 19.1. The van der Waals surface area contributed by atoms with Gasteiger partial charge in [0.05, 0.1) is 6.54 Å². The number of halogens is 3. The zero-order valence-corrected chi connectivity index (χ0v) is 16.6. The van der Waals surface area contributed by atoms with Gasteiger partial charge < -0.3 is 21.3 Å². The summed E-state index contributed by atoms with van der Waals surface area (Å²) in [6.45, 7) is 3.56. The number of unbranched alkanes of at least 4 members (excludes halogenated alkanes) is 1. The van der Waals surface area contributed by atoms with Crippen LogP contribution in [0.2, 0.25) is 0 Å². The molecular formula is C18H33F3N6O. The van der Waals surface area contributed by atoms with Crippen molar-refractivity contribution >= 4 is 11.9 Å². The summed E-state index contributed by atoms with van der Waals surface area (Å²) in [5.74, 6) is 0.475. The number of primary amides is 1. The van der Waals surface area contributed by atoms with Gasteiger partial charge in [0.1, 0.15) is 0 Å². The van der Waals surface area contributed by atoms with E-state index in [1.807, 2.05) is 0 Å². The Balaban J connectivity index is 1.55. The van der Waals surface area contributed by atoms with E-state index in [0.29, 0.717) is 25.5 Å². The number of carbonyl (C=O) groups excluding carboxylic acids is 1. The number of amides is 1. The first-order chi connectivity index (χ1) is 13.3. The molecule has 4 N–H and O–H groups in total. The van der Waals surface area contributed by atoms with Gasteiger partial charge in [-0.05, 0) is 51.7 Å². The lowest BCUT2D eigenvalue weighted by atomic mass is 9.96. The number of nitrogens with one attached hydrogen (secondary N) is 2. The third kappa shape index (κ3) is 8.22. The lowest BCUT2D eigenvalue weighted by Crippen LogP contribution is -2.45. The molecule has 10 heteroatoms. The van der Waals surface area contributed by atoms with Crippen molar-refractivity contribution in [3.63, 3.8) is 0 Å². The number of aliphatic imine (C=N–C) groups is 1. The summed E-state index contributed by atoms with van der Waals surface area (Å²) in [6, 6.07) is -0.0138. The van der Waals surface area contributed by atoms with Crippen LogP contribution >= 0.6 is 0 Å². The molecular weight excluding hydrogens is 373 g/mol. The van der Waals surface area contributed by atoms with E-state index in [4.69, 9.17) is 5.73 Å². The number of nitrogens with two attached hydrogens (primary N) is 1. The highest BCUT2D eigenvalue weighted by Crippen LogP contribution is 2.20. The predicted octanol–water partition coefficient (Wildman–Crippen LogP) is 0.766. The van der Waals surface area contributed by atoms with Gasteiger partial charge in [0.15, 0.2) is 5.96 Å². The molecule has 2 aliphatic heterocycles. The van der Waals surface area contributed by atoms with Gasteiger partial charge in [-0.3, -0.25) is 14.7 Å². The number of nitrogens with zero attached hydrogens (tertiary/aromatic N) is 3. The highest BCUT2D eigenvalue weighted by molar-refractivity contribution is 5.80. The molecule has 7 nitrogen and oxygen atoms in total. The van der Waals surface area contributed by atoms with Gasteiger partial charge in [0.2, 0.25) is 5.91 Å². The minimum Gasteiger partial charge on any atom is -0.369 e. The van der Waals surface area contributed by atoms with Gasteiger partial charge in [0, 0.05) is 38.6 Å². The van der Waals surface area contributed by atoms with E-state index in [9.17, 15) is 18.0 Å². The van der Waals surface area contributed by atoms with Crippen molar-refractivity contribution in [1.29, 1.82) is 0 Å². The van der Waals surface area contributed by atoms with E-state index in [-0.39, 0.29) is 17.9 Å². The molecule has 0 aromatic heterocycles. The third-order valence-corrected chi connectivity index (χ3v) is 5.42. The maximum absolute atomic E-state index is 12.5. The summed E-state index contributed by atoms with van der Waals surface area (Å²) in [6.07, 6.45) is 0.227. The second kappa shape index (κ2) is 10.8. The summed E-state index contributed by atoms with van der Waals surface area (Å²) in [5.41, 5.74) is 5.35. The SMILES string of the molecule is CN=C(NCCCCN1CCC(C(N)=O)CC1)NC1CCN(CC(F)(F)F)C1. The number of guanidine groups is 1. The Morgan fingerprint density at radius 1 is 1.14 bits per heavy atom. The fraction of sp³-hybridized carbons (Fsp3) is 0.889. The maximum atomic E-state index is 12.5. The Bertz CT molecular complexity index is 520. The largest absolute Gasteiger partial charge is 0.401 e. The van der Waals surface area contributed by atoms with E-state index in [1.54, 1.807) is 7.05 Å². The lowest BCUT2D eigenvalue weighted by Gasteiger charge is -2.30. The van der Waals surface area contributed by atoms with Crippen LogP contribution in [0, 0.1) is 5.92 Å². The first kappa shape index (κ1) is 22.7. The van der Waals surface area contributed by atoms with Crippen LogP contribution in [0.4, 0.5) is 13.2 Å². The highest BCUT2D eigenvalue weighted by atomic mass is 19.4. The molecule has 0 aliphatic carbocycles. The number of hydrogen-bond acceptors (Lipinski definition) is 4. The van der Waals surface area contributed by atoms with E-state index < -0.39 is 12.7 Å². The van der Waals surface area contributed by atoms with Crippen molar-refractivity contribution in [1.82, 2.24) is 20.4 Å². The van der Waals surface area contributed by atoms with Crippen molar-refractivity contribution < 1.29 is 18.0 Å². The average molecular weight is 406 g/mol. The van der Waals surface area contributed by atoms with Crippen molar-refractivity contribution in [2.45, 2.75) is 44.3 Å². The molecule has 1 amide bonds. The predicted molar refractivity (Wildman–Crippen MR) is 103 cm³/mol. The van der Waals surface area contributed by atoms with Crippen LogP contribution in [0.25, 0.3) is 0 Å². The molecule has 28 heavy (non-hydrogen) atoms. The first-order valence-electron chi connectivity index (χ1n) is 10.0. The van der Waals surface area contributed by atoms with Gasteiger partial charge in [-0.2, -0.15) is 13.2 Å². The number of likely N-dealkylation sites (tertiary alicyclic amines) is 2.